The molecular weight excluding hydrogens is 244 g/mol. The number of hydrogen-bond acceptors (Lipinski definition) is 4. The van der Waals surface area contributed by atoms with Gasteiger partial charge in [0, 0.05) is 32.7 Å². The van der Waals surface area contributed by atoms with Crippen molar-refractivity contribution < 1.29 is 14.6 Å². The highest BCUT2D eigenvalue weighted by atomic mass is 16.5. The number of benzene rings is 1. The normalized spacial score (nSPS) is 16.4. The van der Waals surface area contributed by atoms with Gasteiger partial charge >= 0.3 is 5.97 Å². The molecule has 1 aromatic rings. The Kier molecular flexibility index (Phi) is 5.32. The van der Waals surface area contributed by atoms with Gasteiger partial charge in [-0.3, -0.25) is 4.90 Å². The van der Waals surface area contributed by atoms with Gasteiger partial charge in [0.25, 0.3) is 0 Å². The molecule has 1 heterocycles. The second-order valence-corrected chi connectivity index (χ2v) is 4.63. The van der Waals surface area contributed by atoms with E-state index in [4.69, 9.17) is 9.84 Å². The zero-order valence-electron chi connectivity index (χ0n) is 11.0. The van der Waals surface area contributed by atoms with Crippen molar-refractivity contribution in [1.29, 1.82) is 0 Å². The summed E-state index contributed by atoms with van der Waals surface area (Å²) in [6.07, 6.45) is 0. The van der Waals surface area contributed by atoms with Crippen molar-refractivity contribution >= 4 is 5.97 Å². The van der Waals surface area contributed by atoms with Crippen LogP contribution in [0.1, 0.15) is 15.9 Å². The monoisotopic (exact) mass is 264 g/mol. The summed E-state index contributed by atoms with van der Waals surface area (Å²) in [6, 6.07) is 6.99. The molecule has 0 amide bonds. The average Bonchev–Trinajstić information content (AvgIpc) is 2.45. The van der Waals surface area contributed by atoms with Gasteiger partial charge in [0.15, 0.2) is 0 Å². The van der Waals surface area contributed by atoms with Gasteiger partial charge in [0.1, 0.15) is 0 Å². The smallest absolute Gasteiger partial charge is 0.335 e. The highest BCUT2D eigenvalue weighted by molar-refractivity contribution is 5.87. The topological polar surface area (TPSA) is 61.8 Å². The predicted octanol–water partition coefficient (Wildman–Crippen LogP) is 0.807. The number of rotatable bonds is 6. The number of morpholine rings is 1. The summed E-state index contributed by atoms with van der Waals surface area (Å²) in [6.45, 7) is 6.40. The van der Waals surface area contributed by atoms with Gasteiger partial charge in [-0.2, -0.15) is 0 Å². The molecule has 104 valence electrons. The number of hydrogen-bond donors (Lipinski definition) is 2. The SMILES string of the molecule is O=C(O)c1ccc(CNCCN2CCOCC2)cc1. The van der Waals surface area contributed by atoms with Crippen LogP contribution in [0.2, 0.25) is 0 Å². The third kappa shape index (κ3) is 4.63. The van der Waals surface area contributed by atoms with Gasteiger partial charge in [0.2, 0.25) is 0 Å². The van der Waals surface area contributed by atoms with Crippen LogP contribution in [0.4, 0.5) is 0 Å². The Balaban J connectivity index is 1.66. The Morgan fingerprint density at radius 3 is 2.58 bits per heavy atom. The molecule has 0 radical (unpaired) electrons. The third-order valence-corrected chi connectivity index (χ3v) is 3.24. The largest absolute Gasteiger partial charge is 0.478 e. The van der Waals surface area contributed by atoms with Crippen LogP contribution in [0.5, 0.6) is 0 Å². The van der Waals surface area contributed by atoms with Crippen LogP contribution in [-0.4, -0.2) is 55.4 Å². The van der Waals surface area contributed by atoms with Crippen molar-refractivity contribution in [3.05, 3.63) is 35.4 Å². The third-order valence-electron chi connectivity index (χ3n) is 3.24. The molecule has 2 rings (SSSR count). The zero-order chi connectivity index (χ0) is 13.5. The minimum Gasteiger partial charge on any atom is -0.478 e. The van der Waals surface area contributed by atoms with E-state index in [0.29, 0.717) is 5.56 Å². The van der Waals surface area contributed by atoms with E-state index in [0.717, 1.165) is 51.5 Å². The maximum atomic E-state index is 10.7. The molecule has 0 spiro atoms. The van der Waals surface area contributed by atoms with Crippen molar-refractivity contribution in [1.82, 2.24) is 10.2 Å². The maximum absolute atomic E-state index is 10.7. The van der Waals surface area contributed by atoms with Crippen LogP contribution in [0.25, 0.3) is 0 Å². The van der Waals surface area contributed by atoms with Gasteiger partial charge in [-0.15, -0.1) is 0 Å². The standard InChI is InChI=1S/C14H20N2O3/c17-14(18)13-3-1-12(2-4-13)11-15-5-6-16-7-9-19-10-8-16/h1-4,15H,5-11H2,(H,17,18). The first-order chi connectivity index (χ1) is 9.25. The van der Waals surface area contributed by atoms with Crippen molar-refractivity contribution in [2.75, 3.05) is 39.4 Å². The lowest BCUT2D eigenvalue weighted by molar-refractivity contribution is 0.0384. The first-order valence-corrected chi connectivity index (χ1v) is 6.59. The molecule has 0 atom stereocenters. The van der Waals surface area contributed by atoms with Gasteiger partial charge in [-0.05, 0) is 17.7 Å². The minimum absolute atomic E-state index is 0.331. The summed E-state index contributed by atoms with van der Waals surface area (Å²) >= 11 is 0. The van der Waals surface area contributed by atoms with E-state index in [1.54, 1.807) is 12.1 Å². The lowest BCUT2D eigenvalue weighted by atomic mass is 10.1. The number of carboxylic acids is 1. The number of carbonyl (C=O) groups is 1. The number of nitrogens with zero attached hydrogens (tertiary/aromatic N) is 1. The predicted molar refractivity (Wildman–Crippen MR) is 72.4 cm³/mol. The highest BCUT2D eigenvalue weighted by Gasteiger charge is 2.08. The summed E-state index contributed by atoms with van der Waals surface area (Å²) in [5.41, 5.74) is 1.43. The molecule has 0 unspecified atom stereocenters. The lowest BCUT2D eigenvalue weighted by Gasteiger charge is -2.26. The van der Waals surface area contributed by atoms with Crippen molar-refractivity contribution in [3.63, 3.8) is 0 Å². The van der Waals surface area contributed by atoms with E-state index in [1.165, 1.54) is 0 Å². The highest BCUT2D eigenvalue weighted by Crippen LogP contribution is 2.04. The molecule has 1 aliphatic rings. The first kappa shape index (κ1) is 14.0. The molecular formula is C14H20N2O3. The van der Waals surface area contributed by atoms with Crippen LogP contribution in [0.15, 0.2) is 24.3 Å². The van der Waals surface area contributed by atoms with E-state index < -0.39 is 5.97 Å². The fraction of sp³-hybridized carbons (Fsp3) is 0.500. The zero-order valence-corrected chi connectivity index (χ0v) is 11.0. The Morgan fingerprint density at radius 2 is 1.95 bits per heavy atom. The van der Waals surface area contributed by atoms with E-state index >= 15 is 0 Å². The number of nitrogens with one attached hydrogen (secondary N) is 1. The minimum atomic E-state index is -0.883. The summed E-state index contributed by atoms with van der Waals surface area (Å²) in [4.78, 5) is 13.1. The van der Waals surface area contributed by atoms with E-state index in [2.05, 4.69) is 10.2 Å². The second kappa shape index (κ2) is 7.23. The first-order valence-electron chi connectivity index (χ1n) is 6.59. The van der Waals surface area contributed by atoms with Gasteiger partial charge in [0.05, 0.1) is 18.8 Å². The van der Waals surface area contributed by atoms with E-state index in [1.807, 2.05) is 12.1 Å². The molecule has 0 saturated carbocycles. The summed E-state index contributed by atoms with van der Waals surface area (Å²) in [5.74, 6) is -0.883. The average molecular weight is 264 g/mol. The maximum Gasteiger partial charge on any atom is 0.335 e. The van der Waals surface area contributed by atoms with Gasteiger partial charge in [-0.25, -0.2) is 4.79 Å². The molecule has 2 N–H and O–H groups in total. The summed E-state index contributed by atoms with van der Waals surface area (Å²) in [5, 5.41) is 12.2. The Hall–Kier alpha value is -1.43. The molecule has 1 aromatic carbocycles. The van der Waals surface area contributed by atoms with Crippen LogP contribution < -0.4 is 5.32 Å². The number of aromatic carboxylic acids is 1. The molecule has 5 heteroatoms. The van der Waals surface area contributed by atoms with Crippen molar-refractivity contribution in [2.45, 2.75) is 6.54 Å². The lowest BCUT2D eigenvalue weighted by Crippen LogP contribution is -2.40. The fourth-order valence-electron chi connectivity index (χ4n) is 2.06. The Labute approximate surface area is 113 Å². The molecule has 0 bridgehead atoms. The van der Waals surface area contributed by atoms with Crippen LogP contribution in [0.3, 0.4) is 0 Å². The Morgan fingerprint density at radius 1 is 1.26 bits per heavy atom. The van der Waals surface area contributed by atoms with Gasteiger partial charge in [-0.1, -0.05) is 12.1 Å². The van der Waals surface area contributed by atoms with Crippen LogP contribution in [-0.2, 0) is 11.3 Å². The molecule has 0 aromatic heterocycles. The number of carboxylic acid groups (broad SMARTS) is 1. The second-order valence-electron chi connectivity index (χ2n) is 4.63. The quantitative estimate of drug-likeness (QED) is 0.744. The molecule has 19 heavy (non-hydrogen) atoms. The molecule has 0 aliphatic carbocycles. The molecule has 1 saturated heterocycles. The van der Waals surface area contributed by atoms with E-state index in [-0.39, 0.29) is 0 Å². The molecule has 5 nitrogen and oxygen atoms in total. The van der Waals surface area contributed by atoms with E-state index in [9.17, 15) is 4.79 Å². The number of ether oxygens (including phenoxy) is 1. The summed E-state index contributed by atoms with van der Waals surface area (Å²) in [7, 11) is 0. The van der Waals surface area contributed by atoms with Crippen molar-refractivity contribution in [3.8, 4) is 0 Å². The van der Waals surface area contributed by atoms with Gasteiger partial charge < -0.3 is 15.2 Å². The van der Waals surface area contributed by atoms with Crippen LogP contribution >= 0.6 is 0 Å². The fourth-order valence-corrected chi connectivity index (χ4v) is 2.06. The Bertz CT molecular complexity index is 400. The molecule has 1 aliphatic heterocycles. The van der Waals surface area contributed by atoms with Crippen molar-refractivity contribution in [2.24, 2.45) is 0 Å². The summed E-state index contributed by atoms with van der Waals surface area (Å²) < 4.78 is 5.30. The van der Waals surface area contributed by atoms with Crippen LogP contribution in [0, 0.1) is 0 Å². The molecule has 1 fully saturated rings.